The molecule has 3 heterocycles. The van der Waals surface area contributed by atoms with Crippen LogP contribution in [0.3, 0.4) is 0 Å². The van der Waals surface area contributed by atoms with Crippen LogP contribution in [0.25, 0.3) is 21.3 Å². The number of nitrogens with zero attached hydrogens (tertiary/aromatic N) is 3. The summed E-state index contributed by atoms with van der Waals surface area (Å²) in [6.45, 7) is 7.50. The van der Waals surface area contributed by atoms with E-state index in [-0.39, 0.29) is 34.2 Å². The van der Waals surface area contributed by atoms with Gasteiger partial charge in [0, 0.05) is 23.5 Å². The standard InChI is InChI=1S/C28H33N5O4S/c1-27(2)13-28(3)7-8-33(18(27)11-28)26(34)23-21(30)20-19(15(12-29)24(31)32-25(20)38-23)14-9-16(35-4)22(37-6)17(10-14)36-5/h9-10,18H,7-8,11,13,30H2,1-6H3,(H2,31,32). The molecule has 2 atom stereocenters. The fourth-order valence-electron chi connectivity index (χ4n) is 6.63. The van der Waals surface area contributed by atoms with Gasteiger partial charge in [0.2, 0.25) is 5.75 Å². The summed E-state index contributed by atoms with van der Waals surface area (Å²) in [5.74, 6) is 1.22. The third-order valence-corrected chi connectivity index (χ3v) is 9.32. The van der Waals surface area contributed by atoms with Crippen molar-refractivity contribution in [3.05, 3.63) is 22.6 Å². The zero-order valence-electron chi connectivity index (χ0n) is 22.6. The Morgan fingerprint density at radius 2 is 1.82 bits per heavy atom. The summed E-state index contributed by atoms with van der Waals surface area (Å²) in [6.07, 6.45) is 3.03. The van der Waals surface area contributed by atoms with Crippen molar-refractivity contribution < 1.29 is 19.0 Å². The highest BCUT2D eigenvalue weighted by Gasteiger charge is 2.53. The molecule has 0 spiro atoms. The van der Waals surface area contributed by atoms with Gasteiger partial charge in [-0.15, -0.1) is 11.3 Å². The number of carbonyl (C=O) groups is 1. The largest absolute Gasteiger partial charge is 0.493 e. The molecule has 38 heavy (non-hydrogen) atoms. The summed E-state index contributed by atoms with van der Waals surface area (Å²) in [7, 11) is 4.56. The number of nitrogens with two attached hydrogens (primary N) is 2. The Morgan fingerprint density at radius 1 is 1.16 bits per heavy atom. The smallest absolute Gasteiger partial charge is 0.266 e. The predicted octanol–water partition coefficient (Wildman–Crippen LogP) is 5.07. The van der Waals surface area contributed by atoms with E-state index < -0.39 is 0 Å². The van der Waals surface area contributed by atoms with Crippen LogP contribution in [0.1, 0.15) is 55.3 Å². The maximum atomic E-state index is 14.0. The topological polar surface area (TPSA) is 137 Å². The number of amides is 1. The van der Waals surface area contributed by atoms with Crippen molar-refractivity contribution in [2.24, 2.45) is 10.8 Å². The number of ether oxygens (including phenoxy) is 3. The number of nitrogen functional groups attached to an aromatic ring is 2. The quantitative estimate of drug-likeness (QED) is 0.462. The number of hydrogen-bond donors (Lipinski definition) is 2. The third kappa shape index (κ3) is 3.79. The molecule has 1 amide bonds. The van der Waals surface area contributed by atoms with Crippen LogP contribution in [0.2, 0.25) is 0 Å². The maximum Gasteiger partial charge on any atom is 0.266 e. The summed E-state index contributed by atoms with van der Waals surface area (Å²) in [5.41, 5.74) is 14.8. The van der Waals surface area contributed by atoms with Gasteiger partial charge in [0.25, 0.3) is 5.91 Å². The van der Waals surface area contributed by atoms with E-state index in [1.54, 1.807) is 12.1 Å². The van der Waals surface area contributed by atoms with Gasteiger partial charge < -0.3 is 30.6 Å². The maximum absolute atomic E-state index is 14.0. The first-order chi connectivity index (χ1) is 18.0. The number of nitriles is 1. The highest BCUT2D eigenvalue weighted by atomic mass is 32.1. The van der Waals surface area contributed by atoms with Crippen LogP contribution >= 0.6 is 11.3 Å². The predicted molar refractivity (Wildman–Crippen MR) is 149 cm³/mol. The van der Waals surface area contributed by atoms with Crippen LogP contribution in [0, 0.1) is 22.2 Å². The molecular formula is C28H33N5O4S. The van der Waals surface area contributed by atoms with Gasteiger partial charge in [0.15, 0.2) is 11.5 Å². The van der Waals surface area contributed by atoms with Gasteiger partial charge in [-0.3, -0.25) is 4.79 Å². The Labute approximate surface area is 226 Å². The molecule has 4 N–H and O–H groups in total. The monoisotopic (exact) mass is 535 g/mol. The average Bonchev–Trinajstić information content (AvgIpc) is 3.30. The molecule has 1 saturated carbocycles. The first-order valence-electron chi connectivity index (χ1n) is 12.5. The minimum atomic E-state index is -0.0968. The van der Waals surface area contributed by atoms with E-state index in [4.69, 9.17) is 25.7 Å². The van der Waals surface area contributed by atoms with Gasteiger partial charge in [0.1, 0.15) is 27.2 Å². The van der Waals surface area contributed by atoms with E-state index in [9.17, 15) is 10.1 Å². The lowest BCUT2D eigenvalue weighted by atomic mass is 9.81. The molecule has 2 fully saturated rings. The fourth-order valence-corrected chi connectivity index (χ4v) is 7.70. The van der Waals surface area contributed by atoms with Crippen molar-refractivity contribution in [1.82, 2.24) is 9.88 Å². The highest BCUT2D eigenvalue weighted by molar-refractivity contribution is 7.21. The van der Waals surface area contributed by atoms with Crippen molar-refractivity contribution in [3.8, 4) is 34.4 Å². The van der Waals surface area contributed by atoms with Gasteiger partial charge in [-0.05, 0) is 47.8 Å². The summed E-state index contributed by atoms with van der Waals surface area (Å²) < 4.78 is 16.5. The summed E-state index contributed by atoms with van der Waals surface area (Å²) in [6, 6.07) is 5.79. The SMILES string of the molecule is COc1cc(-c2c(C#N)c(N)nc3sc(C(=O)N4CCC5(C)CC4C(C)(C)C5)c(N)c23)cc(OC)c1OC. The number of rotatable bonds is 5. The molecule has 5 rings (SSSR count). The van der Waals surface area contributed by atoms with Crippen molar-refractivity contribution in [1.29, 1.82) is 5.26 Å². The third-order valence-electron chi connectivity index (χ3n) is 8.23. The molecule has 200 valence electrons. The number of methoxy groups -OCH3 is 3. The average molecular weight is 536 g/mol. The Bertz CT molecular complexity index is 1480. The molecule has 2 unspecified atom stereocenters. The van der Waals surface area contributed by atoms with Crippen molar-refractivity contribution in [3.63, 3.8) is 0 Å². The number of thiophene rings is 1. The van der Waals surface area contributed by atoms with E-state index in [2.05, 4.69) is 31.8 Å². The number of carbonyl (C=O) groups excluding carboxylic acids is 1. The first-order valence-corrected chi connectivity index (χ1v) is 13.3. The van der Waals surface area contributed by atoms with Crippen LogP contribution in [0.4, 0.5) is 11.5 Å². The molecule has 2 aromatic heterocycles. The van der Waals surface area contributed by atoms with E-state index in [1.165, 1.54) is 32.7 Å². The van der Waals surface area contributed by atoms with E-state index in [1.807, 2.05) is 4.90 Å². The number of anilines is 2. The lowest BCUT2D eigenvalue weighted by molar-refractivity contribution is 0.0480. The van der Waals surface area contributed by atoms with Gasteiger partial charge in [-0.25, -0.2) is 4.98 Å². The molecule has 1 aliphatic heterocycles. The summed E-state index contributed by atoms with van der Waals surface area (Å²) in [4.78, 5) is 21.4. The van der Waals surface area contributed by atoms with Crippen molar-refractivity contribution in [2.75, 3.05) is 39.3 Å². The Kier molecular flexibility index (Phi) is 6.10. The number of piperidine rings is 1. The Morgan fingerprint density at radius 3 is 2.39 bits per heavy atom. The lowest BCUT2D eigenvalue weighted by Gasteiger charge is -2.40. The van der Waals surface area contributed by atoms with Crippen LogP contribution in [0.5, 0.6) is 17.2 Å². The molecule has 1 saturated heterocycles. The minimum absolute atomic E-state index is 0.0182. The van der Waals surface area contributed by atoms with E-state index in [0.29, 0.717) is 55.7 Å². The van der Waals surface area contributed by atoms with Crippen LogP contribution < -0.4 is 25.7 Å². The minimum Gasteiger partial charge on any atom is -0.493 e. The summed E-state index contributed by atoms with van der Waals surface area (Å²) in [5, 5.41) is 10.6. The Balaban J connectivity index is 1.71. The molecule has 1 aromatic carbocycles. The van der Waals surface area contributed by atoms with Gasteiger partial charge in [-0.2, -0.15) is 5.26 Å². The molecule has 2 aliphatic rings. The molecular weight excluding hydrogens is 502 g/mol. The summed E-state index contributed by atoms with van der Waals surface area (Å²) >= 11 is 1.22. The number of pyridine rings is 1. The molecule has 1 aliphatic carbocycles. The van der Waals surface area contributed by atoms with Crippen LogP contribution in [-0.4, -0.2) is 49.7 Å². The highest BCUT2D eigenvalue weighted by Crippen LogP contribution is 2.56. The molecule has 3 aromatic rings. The molecule has 0 radical (unpaired) electrons. The fraction of sp³-hybridized carbons (Fsp3) is 0.464. The first kappa shape index (κ1) is 25.9. The molecule has 2 bridgehead atoms. The molecule has 9 nitrogen and oxygen atoms in total. The zero-order valence-corrected chi connectivity index (χ0v) is 23.4. The second-order valence-corrected chi connectivity index (χ2v) is 12.2. The number of likely N-dealkylation sites (tertiary alicyclic amines) is 1. The van der Waals surface area contributed by atoms with Gasteiger partial charge in [-0.1, -0.05) is 20.8 Å². The number of aromatic nitrogens is 1. The van der Waals surface area contributed by atoms with Crippen LogP contribution in [0.15, 0.2) is 12.1 Å². The Hall–Kier alpha value is -3.71. The van der Waals surface area contributed by atoms with Crippen molar-refractivity contribution >= 4 is 39.0 Å². The second-order valence-electron chi connectivity index (χ2n) is 11.2. The van der Waals surface area contributed by atoms with Crippen LogP contribution in [-0.2, 0) is 0 Å². The zero-order chi connectivity index (χ0) is 27.6. The number of fused-ring (bicyclic) bond motifs is 3. The number of hydrogen-bond acceptors (Lipinski definition) is 9. The van der Waals surface area contributed by atoms with Crippen molar-refractivity contribution in [2.45, 2.75) is 46.1 Å². The van der Waals surface area contributed by atoms with Gasteiger partial charge in [0.05, 0.1) is 27.0 Å². The van der Waals surface area contributed by atoms with E-state index in [0.717, 1.165) is 19.3 Å². The second kappa shape index (κ2) is 8.95. The lowest BCUT2D eigenvalue weighted by Crippen LogP contribution is -2.48. The normalized spacial score (nSPS) is 21.8. The molecule has 10 heteroatoms. The number of benzene rings is 1. The van der Waals surface area contributed by atoms with E-state index >= 15 is 0 Å². The van der Waals surface area contributed by atoms with Gasteiger partial charge >= 0.3 is 0 Å².